The lowest BCUT2D eigenvalue weighted by molar-refractivity contribution is -0.122. The molecule has 0 aliphatic heterocycles. The number of rotatable bonds is 3. The highest BCUT2D eigenvalue weighted by Crippen LogP contribution is 2.35. The van der Waals surface area contributed by atoms with Crippen molar-refractivity contribution in [2.45, 2.75) is 33.6 Å². The lowest BCUT2D eigenvalue weighted by Gasteiger charge is -2.30. The average Bonchev–Trinajstić information content (AvgIpc) is 2.43. The van der Waals surface area contributed by atoms with Crippen molar-refractivity contribution in [1.29, 1.82) is 0 Å². The molecule has 0 heterocycles. The summed E-state index contributed by atoms with van der Waals surface area (Å²) in [5.41, 5.74) is 2.06. The molecule has 20 heavy (non-hydrogen) atoms. The Morgan fingerprint density at radius 2 is 1.85 bits per heavy atom. The van der Waals surface area contributed by atoms with Gasteiger partial charge in [-0.25, -0.2) is 0 Å². The van der Waals surface area contributed by atoms with E-state index in [1.165, 1.54) is 0 Å². The predicted molar refractivity (Wildman–Crippen MR) is 82.7 cm³/mol. The Bertz CT molecular complexity index is 497. The van der Waals surface area contributed by atoms with E-state index in [-0.39, 0.29) is 5.92 Å². The van der Waals surface area contributed by atoms with Gasteiger partial charge in [-0.05, 0) is 54.0 Å². The molecule has 0 N–H and O–H groups in total. The number of methoxy groups -OCH3 is 1. The number of Topliss-reactive ketones (excluding diaryl/α,β-unsaturated/α-hetero) is 1. The van der Waals surface area contributed by atoms with Gasteiger partial charge < -0.3 is 4.74 Å². The molecule has 0 bridgehead atoms. The van der Waals surface area contributed by atoms with E-state index in [1.54, 1.807) is 7.11 Å². The van der Waals surface area contributed by atoms with E-state index in [4.69, 9.17) is 4.74 Å². The Kier molecular flexibility index (Phi) is 4.64. The quantitative estimate of drug-likeness (QED) is 0.765. The van der Waals surface area contributed by atoms with Crippen LogP contribution >= 0.6 is 0 Å². The van der Waals surface area contributed by atoms with Crippen molar-refractivity contribution < 1.29 is 9.53 Å². The number of ketones is 1. The third kappa shape index (κ3) is 3.12. The number of hydrogen-bond donors (Lipinski definition) is 0. The zero-order valence-corrected chi connectivity index (χ0v) is 12.8. The fourth-order valence-electron chi connectivity index (χ4n) is 2.90. The molecule has 2 rings (SSSR count). The summed E-state index contributed by atoms with van der Waals surface area (Å²) < 4.78 is 5.16. The zero-order chi connectivity index (χ0) is 14.7. The summed E-state index contributed by atoms with van der Waals surface area (Å²) in [6, 6.07) is 7.88. The largest absolute Gasteiger partial charge is 0.497 e. The van der Waals surface area contributed by atoms with E-state index >= 15 is 0 Å². The Labute approximate surface area is 121 Å². The second-order valence-corrected chi connectivity index (χ2v) is 6.07. The summed E-state index contributed by atoms with van der Waals surface area (Å²) in [6.45, 7) is 6.44. The molecule has 1 aromatic carbocycles. The number of benzene rings is 1. The van der Waals surface area contributed by atoms with Crippen LogP contribution in [-0.2, 0) is 4.79 Å². The lowest BCUT2D eigenvalue weighted by Crippen LogP contribution is -2.30. The van der Waals surface area contributed by atoms with Crippen LogP contribution in [0.1, 0.15) is 39.2 Å². The Hall–Kier alpha value is -1.57. The van der Waals surface area contributed by atoms with Gasteiger partial charge in [-0.15, -0.1) is 0 Å². The van der Waals surface area contributed by atoms with Crippen molar-refractivity contribution in [2.24, 2.45) is 17.8 Å². The summed E-state index contributed by atoms with van der Waals surface area (Å²) in [6.07, 6.45) is 4.19. The van der Waals surface area contributed by atoms with Crippen molar-refractivity contribution in [2.75, 3.05) is 7.11 Å². The molecule has 2 atom stereocenters. The van der Waals surface area contributed by atoms with Gasteiger partial charge in [-0.1, -0.05) is 32.9 Å². The molecule has 108 valence electrons. The van der Waals surface area contributed by atoms with E-state index in [9.17, 15) is 4.79 Å². The summed E-state index contributed by atoms with van der Waals surface area (Å²) in [4.78, 5) is 12.6. The van der Waals surface area contributed by atoms with Gasteiger partial charge in [-0.2, -0.15) is 0 Å². The molecule has 0 spiro atoms. The summed E-state index contributed by atoms with van der Waals surface area (Å²) in [5, 5.41) is 0. The maximum absolute atomic E-state index is 12.6. The van der Waals surface area contributed by atoms with E-state index in [2.05, 4.69) is 26.8 Å². The minimum atomic E-state index is 0.190. The highest BCUT2D eigenvalue weighted by Gasteiger charge is 2.32. The molecule has 0 radical (unpaired) electrons. The van der Waals surface area contributed by atoms with Crippen LogP contribution in [0, 0.1) is 17.8 Å². The van der Waals surface area contributed by atoms with Gasteiger partial charge in [0.25, 0.3) is 0 Å². The molecule has 0 unspecified atom stereocenters. The minimum absolute atomic E-state index is 0.190. The van der Waals surface area contributed by atoms with Gasteiger partial charge in [0.1, 0.15) is 5.75 Å². The zero-order valence-electron chi connectivity index (χ0n) is 12.8. The minimum Gasteiger partial charge on any atom is -0.497 e. The first-order valence-electron chi connectivity index (χ1n) is 7.42. The molecule has 2 heteroatoms. The second-order valence-electron chi connectivity index (χ2n) is 6.07. The average molecular weight is 272 g/mol. The normalized spacial score (nSPS) is 25.2. The molecule has 0 amide bonds. The van der Waals surface area contributed by atoms with Crippen LogP contribution in [0.4, 0.5) is 0 Å². The molecular formula is C18H24O2. The first kappa shape index (κ1) is 14.8. The van der Waals surface area contributed by atoms with Crippen LogP contribution in [0.2, 0.25) is 0 Å². The molecule has 1 saturated carbocycles. The third-order valence-electron chi connectivity index (χ3n) is 4.31. The van der Waals surface area contributed by atoms with E-state index in [1.807, 2.05) is 24.3 Å². The van der Waals surface area contributed by atoms with Gasteiger partial charge in [0.2, 0.25) is 0 Å². The molecule has 2 nitrogen and oxygen atoms in total. The van der Waals surface area contributed by atoms with Crippen molar-refractivity contribution >= 4 is 11.9 Å². The van der Waals surface area contributed by atoms with Crippen molar-refractivity contribution in [3.8, 4) is 5.75 Å². The highest BCUT2D eigenvalue weighted by molar-refractivity contribution is 6.02. The smallest absolute Gasteiger partial charge is 0.162 e. The molecule has 1 fully saturated rings. The van der Waals surface area contributed by atoms with Crippen LogP contribution in [0.25, 0.3) is 6.08 Å². The number of allylic oxidation sites excluding steroid dienone is 1. The maximum Gasteiger partial charge on any atom is 0.162 e. The van der Waals surface area contributed by atoms with Crippen LogP contribution < -0.4 is 4.74 Å². The van der Waals surface area contributed by atoms with Gasteiger partial charge in [0, 0.05) is 5.92 Å². The van der Waals surface area contributed by atoms with E-state index < -0.39 is 0 Å². The van der Waals surface area contributed by atoms with Crippen molar-refractivity contribution in [1.82, 2.24) is 0 Å². The van der Waals surface area contributed by atoms with Crippen LogP contribution in [0.3, 0.4) is 0 Å². The first-order chi connectivity index (χ1) is 9.52. The SMILES string of the molecule is COc1ccc(/C=C2\C(=O)[C@H](C(C)C)CC[C@H]2C)cc1. The third-order valence-corrected chi connectivity index (χ3v) is 4.31. The standard InChI is InChI=1S/C18H24O2/c1-12(2)16-10-5-13(3)17(18(16)19)11-14-6-8-15(20-4)9-7-14/h6-9,11-13,16H,5,10H2,1-4H3/b17-11-/t13-,16+/m1/s1. The predicted octanol–water partition coefficient (Wildman–Crippen LogP) is 4.35. The fraction of sp³-hybridized carbons (Fsp3) is 0.500. The van der Waals surface area contributed by atoms with Gasteiger partial charge in [0.15, 0.2) is 5.78 Å². The van der Waals surface area contributed by atoms with E-state index in [0.29, 0.717) is 17.6 Å². The Morgan fingerprint density at radius 3 is 2.40 bits per heavy atom. The number of carbonyl (C=O) groups excluding carboxylic acids is 1. The summed E-state index contributed by atoms with van der Waals surface area (Å²) in [5.74, 6) is 2.16. The first-order valence-corrected chi connectivity index (χ1v) is 7.42. The van der Waals surface area contributed by atoms with Gasteiger partial charge in [-0.3, -0.25) is 4.79 Å². The maximum atomic E-state index is 12.6. The number of carbonyl (C=O) groups is 1. The molecule has 1 aliphatic carbocycles. The molecule has 1 aromatic rings. The van der Waals surface area contributed by atoms with Crippen molar-refractivity contribution in [3.63, 3.8) is 0 Å². The Morgan fingerprint density at radius 1 is 1.20 bits per heavy atom. The van der Waals surface area contributed by atoms with Gasteiger partial charge >= 0.3 is 0 Å². The van der Waals surface area contributed by atoms with Crippen molar-refractivity contribution in [3.05, 3.63) is 35.4 Å². The monoisotopic (exact) mass is 272 g/mol. The van der Waals surface area contributed by atoms with E-state index in [0.717, 1.165) is 29.7 Å². The Balaban J connectivity index is 2.27. The highest BCUT2D eigenvalue weighted by atomic mass is 16.5. The lowest BCUT2D eigenvalue weighted by atomic mass is 9.73. The molecule has 0 saturated heterocycles. The number of ether oxygens (including phenoxy) is 1. The topological polar surface area (TPSA) is 26.3 Å². The molecule has 1 aliphatic rings. The summed E-state index contributed by atoms with van der Waals surface area (Å²) >= 11 is 0. The molecule has 0 aromatic heterocycles. The van der Waals surface area contributed by atoms with Gasteiger partial charge in [0.05, 0.1) is 7.11 Å². The molecular weight excluding hydrogens is 248 g/mol. The second kappa shape index (κ2) is 6.25. The van der Waals surface area contributed by atoms with Crippen LogP contribution in [0.5, 0.6) is 5.75 Å². The van der Waals surface area contributed by atoms with Crippen LogP contribution in [-0.4, -0.2) is 12.9 Å². The number of hydrogen-bond acceptors (Lipinski definition) is 2. The van der Waals surface area contributed by atoms with Crippen LogP contribution in [0.15, 0.2) is 29.8 Å². The fourth-order valence-corrected chi connectivity index (χ4v) is 2.90. The summed E-state index contributed by atoms with van der Waals surface area (Å²) in [7, 11) is 1.66.